The summed E-state index contributed by atoms with van der Waals surface area (Å²) in [5.41, 5.74) is 6.05. The Morgan fingerprint density at radius 2 is 2.00 bits per heavy atom. The molecule has 0 unspecified atom stereocenters. The highest BCUT2D eigenvalue weighted by molar-refractivity contribution is 7.09. The summed E-state index contributed by atoms with van der Waals surface area (Å²) in [4.78, 5) is 15.2. The Kier molecular flexibility index (Phi) is 4.57. The van der Waals surface area contributed by atoms with Crippen molar-refractivity contribution in [2.75, 3.05) is 0 Å². The van der Waals surface area contributed by atoms with Crippen molar-refractivity contribution in [3.8, 4) is 11.5 Å². The second kappa shape index (κ2) is 6.38. The molecule has 0 saturated carbocycles. The number of rotatable bonds is 6. The van der Waals surface area contributed by atoms with Gasteiger partial charge in [0.25, 0.3) is 5.91 Å². The van der Waals surface area contributed by atoms with Crippen LogP contribution in [0.2, 0.25) is 0 Å². The van der Waals surface area contributed by atoms with Crippen LogP contribution in [0, 0.1) is 6.92 Å². The van der Waals surface area contributed by atoms with Gasteiger partial charge < -0.3 is 15.2 Å². The number of nitrogens with two attached hydrogens (primary N) is 1. The summed E-state index contributed by atoms with van der Waals surface area (Å²) in [6.45, 7) is 4.00. The maximum Gasteiger partial charge on any atom is 0.258 e. The fourth-order valence-electron chi connectivity index (χ4n) is 1.51. The third-order valence-electron chi connectivity index (χ3n) is 2.59. The molecule has 1 amide bonds. The highest BCUT2D eigenvalue weighted by Crippen LogP contribution is 2.20. The molecule has 106 valence electrons. The van der Waals surface area contributed by atoms with Gasteiger partial charge in [-0.15, -0.1) is 11.3 Å². The molecule has 0 saturated heterocycles. The van der Waals surface area contributed by atoms with Crippen molar-refractivity contribution < 1.29 is 14.3 Å². The van der Waals surface area contributed by atoms with Crippen LogP contribution in [-0.4, -0.2) is 17.0 Å². The van der Waals surface area contributed by atoms with Crippen LogP contribution in [0.15, 0.2) is 29.6 Å². The van der Waals surface area contributed by atoms with Gasteiger partial charge in [-0.2, -0.15) is 0 Å². The van der Waals surface area contributed by atoms with E-state index in [0.717, 1.165) is 16.5 Å². The van der Waals surface area contributed by atoms with Crippen LogP contribution < -0.4 is 15.2 Å². The van der Waals surface area contributed by atoms with E-state index in [2.05, 4.69) is 4.98 Å². The lowest BCUT2D eigenvalue weighted by Crippen LogP contribution is -2.30. The molecule has 0 radical (unpaired) electrons. The summed E-state index contributed by atoms with van der Waals surface area (Å²) in [5, 5.41) is 2.99. The van der Waals surface area contributed by atoms with Gasteiger partial charge in [0.1, 0.15) is 18.1 Å². The van der Waals surface area contributed by atoms with E-state index in [1.165, 1.54) is 0 Å². The predicted molar refractivity (Wildman–Crippen MR) is 76.9 cm³/mol. The molecule has 0 fully saturated rings. The number of hydrogen-bond donors (Lipinski definition) is 1. The van der Waals surface area contributed by atoms with Crippen molar-refractivity contribution in [1.29, 1.82) is 0 Å². The molecular formula is C14H16N2O3S. The van der Waals surface area contributed by atoms with Crippen LogP contribution in [-0.2, 0) is 11.4 Å². The molecule has 0 aliphatic heterocycles. The number of amides is 1. The van der Waals surface area contributed by atoms with E-state index in [1.54, 1.807) is 42.5 Å². The average Bonchev–Trinajstić information content (AvgIpc) is 2.83. The first kappa shape index (κ1) is 14.3. The average molecular weight is 292 g/mol. The smallest absolute Gasteiger partial charge is 0.258 e. The molecular weight excluding hydrogens is 276 g/mol. The summed E-state index contributed by atoms with van der Waals surface area (Å²) < 4.78 is 11.0. The number of nitrogens with zero attached hydrogens (tertiary/aromatic N) is 1. The third-order valence-corrected chi connectivity index (χ3v) is 3.41. The molecule has 2 N–H and O–H groups in total. The lowest BCUT2D eigenvalue weighted by atomic mass is 10.3. The Hall–Kier alpha value is -2.08. The number of carbonyl (C=O) groups is 1. The molecule has 1 aromatic heterocycles. The fraction of sp³-hybridized carbons (Fsp3) is 0.286. The van der Waals surface area contributed by atoms with E-state index < -0.39 is 12.0 Å². The largest absolute Gasteiger partial charge is 0.487 e. The minimum atomic E-state index is -0.653. The highest BCUT2D eigenvalue weighted by atomic mass is 32.1. The Morgan fingerprint density at radius 3 is 2.55 bits per heavy atom. The van der Waals surface area contributed by atoms with Gasteiger partial charge >= 0.3 is 0 Å². The van der Waals surface area contributed by atoms with Crippen molar-refractivity contribution in [3.63, 3.8) is 0 Å². The molecule has 6 heteroatoms. The van der Waals surface area contributed by atoms with E-state index >= 15 is 0 Å². The van der Waals surface area contributed by atoms with Crippen LogP contribution >= 0.6 is 11.3 Å². The minimum absolute atomic E-state index is 0.433. The Balaban J connectivity index is 1.89. The number of carbonyl (C=O) groups excluding carboxylic acids is 1. The molecule has 0 aliphatic carbocycles. The highest BCUT2D eigenvalue weighted by Gasteiger charge is 2.09. The summed E-state index contributed by atoms with van der Waals surface area (Å²) in [5.74, 6) is 0.798. The van der Waals surface area contributed by atoms with E-state index in [-0.39, 0.29) is 0 Å². The van der Waals surface area contributed by atoms with E-state index in [0.29, 0.717) is 12.4 Å². The molecule has 0 bridgehead atoms. The quantitative estimate of drug-likeness (QED) is 0.886. The normalized spacial score (nSPS) is 11.9. The van der Waals surface area contributed by atoms with E-state index in [4.69, 9.17) is 15.2 Å². The summed E-state index contributed by atoms with van der Waals surface area (Å²) in [6, 6.07) is 7.03. The molecule has 0 spiro atoms. The third kappa shape index (κ3) is 3.96. The van der Waals surface area contributed by atoms with Crippen LogP contribution in [0.3, 0.4) is 0 Å². The first-order valence-corrected chi connectivity index (χ1v) is 7.02. The monoisotopic (exact) mass is 292 g/mol. The topological polar surface area (TPSA) is 74.4 Å². The zero-order chi connectivity index (χ0) is 14.5. The lowest BCUT2D eigenvalue weighted by molar-refractivity contribution is -0.123. The molecule has 5 nitrogen and oxygen atoms in total. The SMILES string of the molecule is Cc1nc(COc2ccc(O[C@H](C)C(N)=O)cc2)cs1. The zero-order valence-corrected chi connectivity index (χ0v) is 12.1. The van der Waals surface area contributed by atoms with Gasteiger partial charge in [-0.1, -0.05) is 0 Å². The summed E-state index contributed by atoms with van der Waals surface area (Å²) >= 11 is 1.60. The summed E-state index contributed by atoms with van der Waals surface area (Å²) in [6.07, 6.45) is -0.653. The van der Waals surface area contributed by atoms with Gasteiger partial charge in [-0.25, -0.2) is 4.98 Å². The first-order valence-electron chi connectivity index (χ1n) is 6.14. The van der Waals surface area contributed by atoms with Gasteiger partial charge in [-0.3, -0.25) is 4.79 Å². The lowest BCUT2D eigenvalue weighted by Gasteiger charge is -2.11. The number of hydrogen-bond acceptors (Lipinski definition) is 5. The standard InChI is InChI=1S/C14H16N2O3S/c1-9(14(15)17)19-13-5-3-12(4-6-13)18-7-11-8-20-10(2)16-11/h3-6,8-9H,7H2,1-2H3,(H2,15,17)/t9-/m1/s1. The van der Waals surface area contributed by atoms with Crippen molar-refractivity contribution in [1.82, 2.24) is 4.98 Å². The van der Waals surface area contributed by atoms with Gasteiger partial charge in [0.2, 0.25) is 0 Å². The van der Waals surface area contributed by atoms with Crippen molar-refractivity contribution in [2.24, 2.45) is 5.73 Å². The van der Waals surface area contributed by atoms with Crippen molar-refractivity contribution in [2.45, 2.75) is 26.6 Å². The number of benzene rings is 1. The van der Waals surface area contributed by atoms with Crippen LogP contribution in [0.25, 0.3) is 0 Å². The van der Waals surface area contributed by atoms with E-state index in [9.17, 15) is 4.79 Å². The number of primary amides is 1. The van der Waals surface area contributed by atoms with E-state index in [1.807, 2.05) is 12.3 Å². The number of thiazole rings is 1. The van der Waals surface area contributed by atoms with Gasteiger partial charge in [0.05, 0.1) is 10.7 Å². The number of aryl methyl sites for hydroxylation is 1. The van der Waals surface area contributed by atoms with Crippen LogP contribution in [0.1, 0.15) is 17.6 Å². The van der Waals surface area contributed by atoms with Crippen LogP contribution in [0.5, 0.6) is 11.5 Å². The molecule has 2 aromatic rings. The molecule has 2 rings (SSSR count). The Morgan fingerprint density at radius 1 is 1.35 bits per heavy atom. The number of ether oxygens (including phenoxy) is 2. The molecule has 1 aromatic carbocycles. The summed E-state index contributed by atoms with van der Waals surface area (Å²) in [7, 11) is 0. The van der Waals surface area contributed by atoms with Gasteiger partial charge in [0, 0.05) is 5.38 Å². The maximum absolute atomic E-state index is 10.9. The molecule has 0 aliphatic rings. The Labute approximate surface area is 121 Å². The Bertz CT molecular complexity index is 580. The second-order valence-electron chi connectivity index (χ2n) is 4.28. The predicted octanol–water partition coefficient (Wildman–Crippen LogP) is 2.28. The first-order chi connectivity index (χ1) is 9.54. The molecule has 1 heterocycles. The van der Waals surface area contributed by atoms with Crippen molar-refractivity contribution in [3.05, 3.63) is 40.3 Å². The zero-order valence-electron chi connectivity index (χ0n) is 11.3. The fourth-order valence-corrected chi connectivity index (χ4v) is 2.11. The van der Waals surface area contributed by atoms with Crippen molar-refractivity contribution >= 4 is 17.2 Å². The molecule has 20 heavy (non-hydrogen) atoms. The molecule has 1 atom stereocenters. The second-order valence-corrected chi connectivity index (χ2v) is 5.34. The van der Waals surface area contributed by atoms with Gasteiger partial charge in [0.15, 0.2) is 6.10 Å². The maximum atomic E-state index is 10.9. The van der Waals surface area contributed by atoms with Gasteiger partial charge in [-0.05, 0) is 38.1 Å². The minimum Gasteiger partial charge on any atom is -0.487 e. The van der Waals surface area contributed by atoms with Crippen LogP contribution in [0.4, 0.5) is 0 Å². The number of aromatic nitrogens is 1.